The third-order valence-corrected chi connectivity index (χ3v) is 3.70. The van der Waals surface area contributed by atoms with Gasteiger partial charge in [-0.05, 0) is 30.0 Å². The van der Waals surface area contributed by atoms with Gasteiger partial charge in [0.25, 0.3) is 0 Å². The minimum absolute atomic E-state index is 0.539. The monoisotopic (exact) mass is 246 g/mol. The zero-order chi connectivity index (χ0) is 13.1. The van der Waals surface area contributed by atoms with Gasteiger partial charge in [0.2, 0.25) is 0 Å². The lowest BCUT2D eigenvalue weighted by Gasteiger charge is -2.14. The highest BCUT2D eigenvalue weighted by Crippen LogP contribution is 2.27. The van der Waals surface area contributed by atoms with E-state index in [0.717, 1.165) is 6.42 Å². The molecular weight excluding hydrogens is 228 g/mol. The molecule has 94 valence electrons. The van der Waals surface area contributed by atoms with E-state index < -0.39 is 0 Å². The Labute approximate surface area is 115 Å². The second-order valence-electron chi connectivity index (χ2n) is 5.14. The molecule has 0 spiro atoms. The van der Waals surface area contributed by atoms with Crippen LogP contribution in [0.15, 0.2) is 72.8 Å². The lowest BCUT2D eigenvalue weighted by atomic mass is 9.91. The Hall–Kier alpha value is -2.08. The number of hydrogen-bond acceptors (Lipinski definition) is 0. The SMILES string of the molecule is Cc1ccc(-c2ccc([C@H]3C=CC=CC3)cc2)cc1. The molecular formula is C19H18. The number of hydrogen-bond donors (Lipinski definition) is 0. The zero-order valence-corrected chi connectivity index (χ0v) is 11.2. The van der Waals surface area contributed by atoms with E-state index in [-0.39, 0.29) is 0 Å². The molecule has 0 aliphatic heterocycles. The molecule has 1 aliphatic carbocycles. The third-order valence-electron chi connectivity index (χ3n) is 3.70. The van der Waals surface area contributed by atoms with Gasteiger partial charge in [-0.25, -0.2) is 0 Å². The summed E-state index contributed by atoms with van der Waals surface area (Å²) in [7, 11) is 0. The second kappa shape index (κ2) is 5.27. The van der Waals surface area contributed by atoms with E-state index in [9.17, 15) is 0 Å². The van der Waals surface area contributed by atoms with Gasteiger partial charge in [0.15, 0.2) is 0 Å². The Morgan fingerprint density at radius 1 is 0.789 bits per heavy atom. The van der Waals surface area contributed by atoms with Crippen LogP contribution in [0, 0.1) is 6.92 Å². The Balaban J connectivity index is 1.84. The smallest absolute Gasteiger partial charge is 0.00557 e. The van der Waals surface area contributed by atoms with Crippen LogP contribution in [0.25, 0.3) is 11.1 Å². The minimum Gasteiger partial charge on any atom is -0.0836 e. The molecule has 2 aromatic rings. The van der Waals surface area contributed by atoms with Gasteiger partial charge in [-0.2, -0.15) is 0 Å². The minimum atomic E-state index is 0.539. The van der Waals surface area contributed by atoms with Crippen molar-refractivity contribution in [1.29, 1.82) is 0 Å². The van der Waals surface area contributed by atoms with Crippen LogP contribution in [0.4, 0.5) is 0 Å². The number of rotatable bonds is 2. The molecule has 0 fully saturated rings. The van der Waals surface area contributed by atoms with Crippen LogP contribution in [0.2, 0.25) is 0 Å². The fourth-order valence-electron chi connectivity index (χ4n) is 2.50. The van der Waals surface area contributed by atoms with Crippen molar-refractivity contribution in [2.45, 2.75) is 19.3 Å². The maximum atomic E-state index is 2.28. The Morgan fingerprint density at radius 2 is 1.42 bits per heavy atom. The molecule has 1 atom stereocenters. The highest BCUT2D eigenvalue weighted by atomic mass is 14.1. The van der Waals surface area contributed by atoms with E-state index in [0.29, 0.717) is 5.92 Å². The molecule has 0 radical (unpaired) electrons. The van der Waals surface area contributed by atoms with Crippen LogP contribution in [0.3, 0.4) is 0 Å². The van der Waals surface area contributed by atoms with Crippen LogP contribution in [-0.2, 0) is 0 Å². The third kappa shape index (κ3) is 2.68. The van der Waals surface area contributed by atoms with Gasteiger partial charge in [-0.15, -0.1) is 0 Å². The van der Waals surface area contributed by atoms with Crippen molar-refractivity contribution in [3.8, 4) is 11.1 Å². The Morgan fingerprint density at radius 3 is 2.00 bits per heavy atom. The quantitative estimate of drug-likeness (QED) is 0.678. The molecule has 1 aliphatic rings. The summed E-state index contributed by atoms with van der Waals surface area (Å²) in [6.45, 7) is 2.12. The first kappa shape index (κ1) is 12.0. The summed E-state index contributed by atoms with van der Waals surface area (Å²) in [5, 5.41) is 0. The van der Waals surface area contributed by atoms with Crippen molar-refractivity contribution in [2.75, 3.05) is 0 Å². The summed E-state index contributed by atoms with van der Waals surface area (Å²) in [5.41, 5.74) is 5.28. The van der Waals surface area contributed by atoms with Crippen molar-refractivity contribution in [3.63, 3.8) is 0 Å². The van der Waals surface area contributed by atoms with E-state index in [2.05, 4.69) is 79.8 Å². The van der Waals surface area contributed by atoms with Crippen molar-refractivity contribution in [1.82, 2.24) is 0 Å². The summed E-state index contributed by atoms with van der Waals surface area (Å²) in [5.74, 6) is 0.539. The fourth-order valence-corrected chi connectivity index (χ4v) is 2.50. The first-order valence-electron chi connectivity index (χ1n) is 6.83. The molecule has 0 nitrogen and oxygen atoms in total. The van der Waals surface area contributed by atoms with Crippen LogP contribution >= 0.6 is 0 Å². The highest BCUT2D eigenvalue weighted by Gasteiger charge is 2.08. The molecule has 2 aromatic carbocycles. The molecule has 0 aromatic heterocycles. The Bertz CT molecular complexity index is 597. The predicted molar refractivity (Wildman–Crippen MR) is 82.3 cm³/mol. The molecule has 0 unspecified atom stereocenters. The lowest BCUT2D eigenvalue weighted by Crippen LogP contribution is -1.95. The van der Waals surface area contributed by atoms with Gasteiger partial charge in [0.05, 0.1) is 0 Å². The molecule has 0 amide bonds. The summed E-state index contributed by atoms with van der Waals surface area (Å²) < 4.78 is 0. The van der Waals surface area contributed by atoms with Crippen LogP contribution in [0.1, 0.15) is 23.5 Å². The van der Waals surface area contributed by atoms with E-state index in [4.69, 9.17) is 0 Å². The van der Waals surface area contributed by atoms with E-state index in [1.165, 1.54) is 22.3 Å². The number of allylic oxidation sites excluding steroid dienone is 4. The lowest BCUT2D eigenvalue weighted by molar-refractivity contribution is 0.854. The average molecular weight is 246 g/mol. The van der Waals surface area contributed by atoms with Crippen molar-refractivity contribution in [2.24, 2.45) is 0 Å². The molecule has 0 N–H and O–H groups in total. The number of benzene rings is 2. The van der Waals surface area contributed by atoms with Gasteiger partial charge in [0, 0.05) is 5.92 Å². The summed E-state index contributed by atoms with van der Waals surface area (Å²) in [6.07, 6.45) is 9.89. The summed E-state index contributed by atoms with van der Waals surface area (Å²) >= 11 is 0. The first-order chi connectivity index (χ1) is 9.33. The molecule has 3 rings (SSSR count). The van der Waals surface area contributed by atoms with Crippen LogP contribution < -0.4 is 0 Å². The first-order valence-corrected chi connectivity index (χ1v) is 6.83. The summed E-state index contributed by atoms with van der Waals surface area (Å²) in [6, 6.07) is 17.7. The zero-order valence-electron chi connectivity index (χ0n) is 11.2. The van der Waals surface area contributed by atoms with E-state index in [1.807, 2.05) is 0 Å². The Kier molecular flexibility index (Phi) is 3.33. The van der Waals surface area contributed by atoms with E-state index in [1.54, 1.807) is 0 Å². The van der Waals surface area contributed by atoms with Crippen LogP contribution in [0.5, 0.6) is 0 Å². The average Bonchev–Trinajstić information content (AvgIpc) is 2.49. The molecule has 0 bridgehead atoms. The standard InChI is InChI=1S/C19H18/c1-15-7-9-17(10-8-15)19-13-11-18(12-14-19)16-5-3-2-4-6-16/h2-5,7-14,16H,6H2,1H3/t16-/m0/s1. The molecule has 0 heterocycles. The second-order valence-corrected chi connectivity index (χ2v) is 5.14. The topological polar surface area (TPSA) is 0 Å². The van der Waals surface area contributed by atoms with Crippen LogP contribution in [-0.4, -0.2) is 0 Å². The highest BCUT2D eigenvalue weighted by molar-refractivity contribution is 5.64. The van der Waals surface area contributed by atoms with Gasteiger partial charge >= 0.3 is 0 Å². The maximum Gasteiger partial charge on any atom is 0.00557 e. The van der Waals surface area contributed by atoms with Crippen molar-refractivity contribution < 1.29 is 0 Å². The van der Waals surface area contributed by atoms with E-state index >= 15 is 0 Å². The largest absolute Gasteiger partial charge is 0.0836 e. The normalized spacial score (nSPS) is 17.6. The number of aryl methyl sites for hydroxylation is 1. The molecule has 0 heteroatoms. The van der Waals surface area contributed by atoms with Gasteiger partial charge < -0.3 is 0 Å². The predicted octanol–water partition coefficient (Wildman–Crippen LogP) is 5.26. The van der Waals surface area contributed by atoms with Crippen molar-refractivity contribution >= 4 is 0 Å². The van der Waals surface area contributed by atoms with Gasteiger partial charge in [-0.1, -0.05) is 78.4 Å². The molecule has 0 saturated heterocycles. The summed E-state index contributed by atoms with van der Waals surface area (Å²) in [4.78, 5) is 0. The maximum absolute atomic E-state index is 2.28. The van der Waals surface area contributed by atoms with Gasteiger partial charge in [-0.3, -0.25) is 0 Å². The molecule has 19 heavy (non-hydrogen) atoms. The van der Waals surface area contributed by atoms with Crippen molar-refractivity contribution in [3.05, 3.63) is 84.0 Å². The molecule has 0 saturated carbocycles. The van der Waals surface area contributed by atoms with Gasteiger partial charge in [0.1, 0.15) is 0 Å². The fraction of sp³-hybridized carbons (Fsp3) is 0.158.